The van der Waals surface area contributed by atoms with Crippen molar-refractivity contribution in [1.82, 2.24) is 35.6 Å². The summed E-state index contributed by atoms with van der Waals surface area (Å²) >= 11 is 0. The lowest BCUT2D eigenvalue weighted by atomic mass is 9.40. The lowest BCUT2D eigenvalue weighted by molar-refractivity contribution is -0.165. The van der Waals surface area contributed by atoms with Gasteiger partial charge in [0.25, 0.3) is 0 Å². The van der Waals surface area contributed by atoms with Crippen LogP contribution in [-0.2, 0) is 23.1 Å². The Morgan fingerprint density at radius 1 is 1.23 bits per heavy atom. The second-order valence-electron chi connectivity index (χ2n) is 12.5. The van der Waals surface area contributed by atoms with Gasteiger partial charge >= 0.3 is 0 Å². The molecule has 204 valence electrons. The van der Waals surface area contributed by atoms with Crippen LogP contribution in [0.25, 0.3) is 11.6 Å². The van der Waals surface area contributed by atoms with Gasteiger partial charge in [0.1, 0.15) is 17.7 Å². The van der Waals surface area contributed by atoms with E-state index in [1.807, 2.05) is 0 Å². The Labute approximate surface area is 223 Å². The lowest BCUT2D eigenvalue weighted by Gasteiger charge is -2.69. The van der Waals surface area contributed by atoms with Crippen LogP contribution in [0.2, 0.25) is 0 Å². The molecule has 39 heavy (non-hydrogen) atoms. The predicted octanol–water partition coefficient (Wildman–Crippen LogP) is 3.26. The lowest BCUT2D eigenvalue weighted by Crippen LogP contribution is -2.74. The molecule has 1 aromatic carbocycles. The minimum Gasteiger partial charge on any atom is -0.352 e. The topological polar surface area (TPSA) is 119 Å². The number of aromatic nitrogens is 5. The Bertz CT molecular complexity index is 1470. The van der Waals surface area contributed by atoms with Gasteiger partial charge < -0.3 is 14.7 Å². The predicted molar refractivity (Wildman–Crippen MR) is 131 cm³/mol. The Morgan fingerprint density at radius 2 is 1.97 bits per heavy atom. The molecule has 2 aromatic heterocycles. The fourth-order valence-electron chi connectivity index (χ4n) is 7.38. The van der Waals surface area contributed by atoms with Crippen LogP contribution < -0.4 is 5.32 Å². The number of nitrogens with zero attached hydrogens (tertiary/aromatic N) is 6. The van der Waals surface area contributed by atoms with E-state index in [4.69, 9.17) is 4.52 Å². The molecular weight excluding hydrogens is 508 g/mol. The molecule has 10 nitrogen and oxygen atoms in total. The molecule has 2 amide bonds. The first kappa shape index (κ1) is 24.3. The average molecular weight is 538 g/mol. The van der Waals surface area contributed by atoms with Crippen molar-refractivity contribution in [2.24, 2.45) is 17.9 Å². The Balaban J connectivity index is 1.24. The van der Waals surface area contributed by atoms with E-state index in [0.29, 0.717) is 5.56 Å². The first-order valence-corrected chi connectivity index (χ1v) is 13.3. The number of halogens is 2. The molecule has 0 aliphatic heterocycles. The fourth-order valence-corrected chi connectivity index (χ4v) is 7.38. The molecule has 0 radical (unpaired) electrons. The van der Waals surface area contributed by atoms with Gasteiger partial charge in [-0.1, -0.05) is 12.1 Å². The van der Waals surface area contributed by atoms with Crippen molar-refractivity contribution in [3.05, 3.63) is 47.2 Å². The summed E-state index contributed by atoms with van der Waals surface area (Å²) in [7, 11) is 1.60. The second kappa shape index (κ2) is 8.15. The number of aryl methyl sites for hydroxylation is 1. The van der Waals surface area contributed by atoms with Crippen LogP contribution in [0.4, 0.5) is 8.78 Å². The molecule has 2 heterocycles. The minimum atomic E-state index is -1.31. The quantitative estimate of drug-likeness (QED) is 0.469. The van der Waals surface area contributed by atoms with Crippen LogP contribution in [0.3, 0.4) is 0 Å². The summed E-state index contributed by atoms with van der Waals surface area (Å²) in [6.45, 7) is 2.17. The zero-order valence-corrected chi connectivity index (χ0v) is 21.8. The number of hydrogen-bond acceptors (Lipinski definition) is 7. The number of hydrogen-bond donors (Lipinski definition) is 1. The van der Waals surface area contributed by atoms with Crippen LogP contribution >= 0.6 is 0 Å². The van der Waals surface area contributed by atoms with Crippen molar-refractivity contribution >= 4 is 11.8 Å². The van der Waals surface area contributed by atoms with E-state index in [9.17, 15) is 14.0 Å². The van der Waals surface area contributed by atoms with Gasteiger partial charge in [-0.25, -0.2) is 8.78 Å². The summed E-state index contributed by atoms with van der Waals surface area (Å²) in [6.07, 6.45) is 7.38. The molecule has 8 rings (SSSR count). The van der Waals surface area contributed by atoms with Crippen molar-refractivity contribution in [2.75, 3.05) is 0 Å². The van der Waals surface area contributed by atoms with Gasteiger partial charge in [-0.3, -0.25) is 9.59 Å². The van der Waals surface area contributed by atoms with Crippen LogP contribution in [0.1, 0.15) is 69.0 Å². The van der Waals surface area contributed by atoms with Crippen molar-refractivity contribution < 1.29 is 22.9 Å². The maximum Gasteiger partial charge on any atom is 0.248 e. The van der Waals surface area contributed by atoms with Gasteiger partial charge in [0, 0.05) is 22.7 Å². The Kier molecular flexibility index (Phi) is 5.09. The van der Waals surface area contributed by atoms with Crippen LogP contribution in [-0.4, -0.2) is 53.7 Å². The number of carbonyl (C=O) groups is 2. The van der Waals surface area contributed by atoms with Crippen molar-refractivity contribution in [3.63, 3.8) is 0 Å². The summed E-state index contributed by atoms with van der Waals surface area (Å²) in [4.78, 5) is 30.8. The summed E-state index contributed by atoms with van der Waals surface area (Å²) in [5.74, 6) is -1.91. The van der Waals surface area contributed by atoms with E-state index in [2.05, 4.69) is 32.8 Å². The van der Waals surface area contributed by atoms with E-state index in [1.165, 1.54) is 15.9 Å². The normalized spacial score (nSPS) is 26.8. The molecular formula is C27H29F2N7O3. The molecule has 5 aliphatic rings. The second-order valence-corrected chi connectivity index (χ2v) is 12.5. The highest BCUT2D eigenvalue weighted by molar-refractivity contribution is 5.91. The van der Waals surface area contributed by atoms with Crippen molar-refractivity contribution in [1.29, 1.82) is 0 Å². The molecule has 5 saturated carbocycles. The molecule has 1 N–H and O–H groups in total. The van der Waals surface area contributed by atoms with Gasteiger partial charge in [-0.2, -0.15) is 4.80 Å². The number of nitrogens with one attached hydrogen (secondary N) is 1. The third kappa shape index (κ3) is 4.02. The summed E-state index contributed by atoms with van der Waals surface area (Å²) in [5, 5.41) is 18.8. The summed E-state index contributed by atoms with van der Waals surface area (Å²) in [6, 6.07) is 1.47. The Morgan fingerprint density at radius 3 is 2.62 bits per heavy atom. The SMILES string of the molecule is Cn1nnc(-c2oncc2CC(=O)N(C2CC3(CC3)C2)[C@@H](C(=O)NC23CC(C)(C2)C3)c2cc(F)ccc2F)n1. The smallest absolute Gasteiger partial charge is 0.248 e. The molecule has 0 unspecified atom stereocenters. The molecule has 1 atom stereocenters. The third-order valence-corrected chi connectivity index (χ3v) is 9.14. The highest BCUT2D eigenvalue weighted by Gasteiger charge is 2.66. The van der Waals surface area contributed by atoms with Crippen molar-refractivity contribution in [3.8, 4) is 11.6 Å². The molecule has 5 fully saturated rings. The third-order valence-electron chi connectivity index (χ3n) is 9.14. The number of amides is 2. The van der Waals surface area contributed by atoms with Crippen LogP contribution in [0.5, 0.6) is 0 Å². The molecule has 0 saturated heterocycles. The van der Waals surface area contributed by atoms with Gasteiger partial charge in [0.15, 0.2) is 0 Å². The zero-order chi connectivity index (χ0) is 27.2. The molecule has 12 heteroatoms. The molecule has 5 aliphatic carbocycles. The fraction of sp³-hybridized carbons (Fsp3) is 0.556. The maximum atomic E-state index is 15.3. The van der Waals surface area contributed by atoms with Gasteiger partial charge in [0.2, 0.25) is 23.4 Å². The first-order chi connectivity index (χ1) is 18.6. The maximum absolute atomic E-state index is 15.3. The molecule has 1 spiro atoms. The highest BCUT2D eigenvalue weighted by Crippen LogP contribution is 2.67. The van der Waals surface area contributed by atoms with Gasteiger partial charge in [-0.05, 0) is 79.2 Å². The standard InChI is InChI=1S/C27H29F2N7O3/c1-25-12-27(13-25,14-25)31-24(38)21(18-8-16(28)3-4-19(18)29)36(17-9-26(10-17)5-6-26)20(37)7-15-11-30-39-22(15)23-32-34-35(2)33-23/h3-4,8,11,17,21H,5-7,9-10,12-14H2,1-2H3,(H,31,38)/t21-,25?,27?/m1/s1. The Hall–Kier alpha value is -3.70. The van der Waals surface area contributed by atoms with E-state index < -0.39 is 29.5 Å². The van der Waals surface area contributed by atoms with Gasteiger partial charge in [0.05, 0.1) is 19.7 Å². The van der Waals surface area contributed by atoms with E-state index >= 15 is 4.39 Å². The number of rotatable bonds is 8. The average Bonchev–Trinajstić information content (AvgIpc) is 3.31. The van der Waals surface area contributed by atoms with Gasteiger partial charge in [-0.15, -0.1) is 10.2 Å². The van der Waals surface area contributed by atoms with Crippen LogP contribution in [0, 0.1) is 22.5 Å². The number of benzene rings is 1. The van der Waals surface area contributed by atoms with Crippen molar-refractivity contribution in [2.45, 2.75) is 75.9 Å². The molecule has 2 bridgehead atoms. The van der Waals surface area contributed by atoms with E-state index in [-0.39, 0.29) is 46.0 Å². The van der Waals surface area contributed by atoms with Crippen LogP contribution in [0.15, 0.2) is 28.9 Å². The summed E-state index contributed by atoms with van der Waals surface area (Å²) in [5.41, 5.74) is 0.368. The summed E-state index contributed by atoms with van der Waals surface area (Å²) < 4.78 is 35.1. The zero-order valence-electron chi connectivity index (χ0n) is 21.8. The highest BCUT2D eigenvalue weighted by atomic mass is 19.1. The van der Waals surface area contributed by atoms with E-state index in [0.717, 1.165) is 63.1 Å². The number of tetrazole rings is 1. The minimum absolute atomic E-state index is 0.142. The largest absolute Gasteiger partial charge is 0.352 e. The number of carbonyl (C=O) groups excluding carboxylic acids is 2. The first-order valence-electron chi connectivity index (χ1n) is 13.3. The van der Waals surface area contributed by atoms with E-state index in [1.54, 1.807) is 7.05 Å². The monoisotopic (exact) mass is 537 g/mol. The molecule has 3 aromatic rings.